The SMILES string of the molecule is OCCCCCCCCCCC1c2cc(c(O)cc2O)C(CCCCCCCCCCO)c2cc(c(O)cc2O)C(CCCCCCCCCCO)c2cc(c(O)cc2O)C(CCCCCCCCCCO)c2cc1c(O)cc2O. The topological polar surface area (TPSA) is 243 Å². The summed E-state index contributed by atoms with van der Waals surface area (Å²) in [6.45, 7) is 0.797. The number of hydrogen-bond acceptors (Lipinski definition) is 12. The zero-order chi connectivity index (χ0) is 57.5. The normalized spacial score (nSPS) is 16.1. The van der Waals surface area contributed by atoms with E-state index < -0.39 is 23.7 Å². The largest absolute Gasteiger partial charge is 0.508 e. The van der Waals surface area contributed by atoms with Gasteiger partial charge in [-0.25, -0.2) is 0 Å². The highest BCUT2D eigenvalue weighted by Gasteiger charge is 2.33. The van der Waals surface area contributed by atoms with Gasteiger partial charge < -0.3 is 61.3 Å². The van der Waals surface area contributed by atoms with Crippen LogP contribution in [0.5, 0.6) is 46.0 Å². The number of aliphatic hydroxyl groups excluding tert-OH is 4. The number of aromatic hydroxyl groups is 8. The summed E-state index contributed by atoms with van der Waals surface area (Å²) < 4.78 is 0. The summed E-state index contributed by atoms with van der Waals surface area (Å²) in [4.78, 5) is 0. The number of phenols is 8. The fraction of sp³-hybridized carbons (Fsp3) is 0.647. The lowest BCUT2D eigenvalue weighted by atomic mass is 9.76. The maximum absolute atomic E-state index is 12.1. The van der Waals surface area contributed by atoms with E-state index in [0.29, 0.717) is 70.2 Å². The number of unbranched alkanes of at least 4 members (excludes halogenated alkanes) is 28. The van der Waals surface area contributed by atoms with Crippen molar-refractivity contribution >= 4 is 0 Å². The Kier molecular flexibility index (Phi) is 30.7. The summed E-state index contributed by atoms with van der Waals surface area (Å²) in [5, 5.41) is 134. The van der Waals surface area contributed by atoms with Crippen molar-refractivity contribution in [1.29, 1.82) is 0 Å². The van der Waals surface area contributed by atoms with Crippen LogP contribution in [0.25, 0.3) is 0 Å². The maximum Gasteiger partial charge on any atom is 0.123 e. The molecule has 0 radical (unpaired) electrons. The van der Waals surface area contributed by atoms with E-state index in [9.17, 15) is 61.3 Å². The van der Waals surface area contributed by atoms with Gasteiger partial charge in [-0.3, -0.25) is 0 Å². The van der Waals surface area contributed by atoms with Crippen molar-refractivity contribution in [3.8, 4) is 46.0 Å². The molecule has 80 heavy (non-hydrogen) atoms. The van der Waals surface area contributed by atoms with Gasteiger partial charge in [0.25, 0.3) is 0 Å². The molecule has 12 nitrogen and oxygen atoms in total. The molecule has 0 unspecified atom stereocenters. The zero-order valence-corrected chi connectivity index (χ0v) is 48.6. The Bertz CT molecular complexity index is 1940. The van der Waals surface area contributed by atoms with Crippen LogP contribution in [0, 0.1) is 0 Å². The molecule has 0 fully saturated rings. The molecule has 0 saturated heterocycles. The molecule has 0 heterocycles. The zero-order valence-electron chi connectivity index (χ0n) is 48.6. The van der Waals surface area contributed by atoms with Crippen molar-refractivity contribution in [2.75, 3.05) is 26.4 Å². The molecule has 0 saturated carbocycles. The Morgan fingerprint density at radius 1 is 0.175 bits per heavy atom. The van der Waals surface area contributed by atoms with E-state index >= 15 is 0 Å². The van der Waals surface area contributed by atoms with E-state index in [4.69, 9.17) is 0 Å². The molecule has 0 aromatic heterocycles. The van der Waals surface area contributed by atoms with Gasteiger partial charge in [-0.15, -0.1) is 0 Å². The minimum atomic E-state index is -0.609. The smallest absolute Gasteiger partial charge is 0.123 e. The molecule has 0 aliphatic heterocycles. The lowest BCUT2D eigenvalue weighted by Crippen LogP contribution is -2.11. The van der Waals surface area contributed by atoms with Gasteiger partial charge in [0.05, 0.1) is 0 Å². The summed E-state index contributed by atoms with van der Waals surface area (Å²) in [5.74, 6) is -3.62. The second-order valence-electron chi connectivity index (χ2n) is 23.5. The second kappa shape index (κ2) is 37.3. The van der Waals surface area contributed by atoms with Crippen LogP contribution in [0.4, 0.5) is 0 Å². The summed E-state index contributed by atoms with van der Waals surface area (Å²) >= 11 is 0. The van der Waals surface area contributed by atoms with Crippen molar-refractivity contribution in [3.05, 3.63) is 93.0 Å². The van der Waals surface area contributed by atoms with Crippen LogP contribution in [-0.2, 0) is 0 Å². The molecule has 4 aromatic carbocycles. The Hall–Kier alpha value is -4.88. The molecule has 12 heteroatoms. The number of benzene rings is 4. The van der Waals surface area contributed by atoms with Gasteiger partial charge in [0, 0.05) is 119 Å². The first kappa shape index (κ1) is 65.9. The van der Waals surface area contributed by atoms with E-state index in [1.807, 2.05) is 24.3 Å². The van der Waals surface area contributed by atoms with E-state index in [-0.39, 0.29) is 72.4 Å². The Morgan fingerprint density at radius 2 is 0.300 bits per heavy atom. The summed E-state index contributed by atoms with van der Waals surface area (Å²) in [5.41, 5.74) is 3.92. The molecule has 0 amide bonds. The van der Waals surface area contributed by atoms with Gasteiger partial charge in [-0.2, -0.15) is 0 Å². The highest BCUT2D eigenvalue weighted by atomic mass is 16.3. The standard InChI is InChI=1S/C68H104O12/c69-37-29-21-13-5-1-9-17-25-33-49-53-41-55(63(75)45-61(53)73)50(34-26-18-10-2-6-14-22-30-38-70)57-43-59(67(79)47-65(57)77)52(36-28-20-12-4-8-16-24-32-40-72)60-44-58(66(78)48-68(60)80)51(56-42-54(49)62(74)46-64(56)76)35-27-19-11-3-7-15-23-31-39-71/h41-52,69-80H,1-40H2. The van der Waals surface area contributed by atoms with Gasteiger partial charge >= 0.3 is 0 Å². The highest BCUT2D eigenvalue weighted by Crippen LogP contribution is 2.52. The summed E-state index contributed by atoms with van der Waals surface area (Å²) in [6, 6.07) is 12.8. The Labute approximate surface area is 479 Å². The molecule has 1 aliphatic rings. The lowest BCUT2D eigenvalue weighted by Gasteiger charge is -2.29. The van der Waals surface area contributed by atoms with E-state index in [2.05, 4.69) is 0 Å². The van der Waals surface area contributed by atoms with Crippen LogP contribution in [0.2, 0.25) is 0 Å². The van der Waals surface area contributed by atoms with Crippen LogP contribution in [0.1, 0.15) is 299 Å². The molecule has 448 valence electrons. The Balaban J connectivity index is 1.69. The van der Waals surface area contributed by atoms with E-state index in [0.717, 1.165) is 205 Å². The van der Waals surface area contributed by atoms with Crippen LogP contribution < -0.4 is 0 Å². The van der Waals surface area contributed by atoms with Gasteiger partial charge in [0.15, 0.2) is 0 Å². The molecule has 4 aromatic rings. The minimum absolute atomic E-state index is 0.148. The molecule has 0 atom stereocenters. The monoisotopic (exact) mass is 1110 g/mol. The summed E-state index contributed by atoms with van der Waals surface area (Å²) in [6.07, 6.45) is 32.4. The van der Waals surface area contributed by atoms with Crippen molar-refractivity contribution in [2.45, 2.75) is 255 Å². The molecule has 5 rings (SSSR count). The molecule has 12 N–H and O–H groups in total. The fourth-order valence-electron chi connectivity index (χ4n) is 12.7. The molecular weight excluding hydrogens is 1010 g/mol. The van der Waals surface area contributed by atoms with Gasteiger partial charge in [-0.05, 0) is 75.6 Å². The number of aliphatic hydroxyl groups is 4. The lowest BCUT2D eigenvalue weighted by molar-refractivity contribution is 0.282. The summed E-state index contributed by atoms with van der Waals surface area (Å²) in [7, 11) is 0. The molecule has 0 spiro atoms. The van der Waals surface area contributed by atoms with Crippen molar-refractivity contribution in [1.82, 2.24) is 0 Å². The average Bonchev–Trinajstić information content (AvgIpc) is 3.53. The maximum atomic E-state index is 12.1. The third-order valence-corrected chi connectivity index (χ3v) is 17.3. The first-order valence-corrected chi connectivity index (χ1v) is 31.6. The van der Waals surface area contributed by atoms with Gasteiger partial charge in [0.1, 0.15) is 46.0 Å². The Morgan fingerprint density at radius 3 is 0.438 bits per heavy atom. The first-order chi connectivity index (χ1) is 38.9. The third kappa shape index (κ3) is 20.8. The van der Waals surface area contributed by atoms with Crippen LogP contribution in [0.3, 0.4) is 0 Å². The quantitative estimate of drug-likeness (QED) is 0.0186. The predicted molar refractivity (Wildman–Crippen MR) is 321 cm³/mol. The van der Waals surface area contributed by atoms with Gasteiger partial charge in [-0.1, -0.05) is 180 Å². The van der Waals surface area contributed by atoms with Crippen LogP contribution >= 0.6 is 0 Å². The second-order valence-corrected chi connectivity index (χ2v) is 23.5. The fourth-order valence-corrected chi connectivity index (χ4v) is 12.7. The first-order valence-electron chi connectivity index (χ1n) is 31.6. The molecule has 1 aliphatic carbocycles. The number of rotatable bonds is 40. The molecular formula is C68H104O12. The molecule has 8 bridgehead atoms. The highest BCUT2D eigenvalue weighted by molar-refractivity contribution is 5.62. The number of phenolic OH excluding ortho intramolecular Hbond substituents is 8. The predicted octanol–water partition coefficient (Wildman–Crippen LogP) is 16.2. The van der Waals surface area contributed by atoms with Crippen molar-refractivity contribution < 1.29 is 61.3 Å². The van der Waals surface area contributed by atoms with Crippen LogP contribution in [-0.4, -0.2) is 87.7 Å². The van der Waals surface area contributed by atoms with E-state index in [1.54, 1.807) is 0 Å². The van der Waals surface area contributed by atoms with E-state index in [1.165, 1.54) is 24.3 Å². The van der Waals surface area contributed by atoms with Crippen molar-refractivity contribution in [3.63, 3.8) is 0 Å². The van der Waals surface area contributed by atoms with Gasteiger partial charge in [0.2, 0.25) is 0 Å². The third-order valence-electron chi connectivity index (χ3n) is 17.3. The van der Waals surface area contributed by atoms with Crippen molar-refractivity contribution in [2.24, 2.45) is 0 Å². The minimum Gasteiger partial charge on any atom is -0.508 e. The number of hydrogen-bond donors (Lipinski definition) is 12. The number of fused-ring (bicyclic) bond motifs is 8. The average molecular weight is 1110 g/mol. The van der Waals surface area contributed by atoms with Crippen LogP contribution in [0.15, 0.2) is 48.5 Å².